The molecule has 134 valence electrons. The topological polar surface area (TPSA) is 34.1 Å². The van der Waals surface area contributed by atoms with E-state index in [-0.39, 0.29) is 10.9 Å². The summed E-state index contributed by atoms with van der Waals surface area (Å²) in [6, 6.07) is 6.97. The predicted octanol–water partition coefficient (Wildman–Crippen LogP) is 6.68. The van der Waals surface area contributed by atoms with Gasteiger partial charge in [0.2, 0.25) is 5.12 Å². The van der Waals surface area contributed by atoms with Crippen LogP contribution in [0.5, 0.6) is 0 Å². The minimum atomic E-state index is 0.0343. The van der Waals surface area contributed by atoms with Crippen LogP contribution in [0.1, 0.15) is 98.8 Å². The summed E-state index contributed by atoms with van der Waals surface area (Å²) in [6.45, 7) is 3.79. The number of rotatable bonds is 13. The monoisotopic (exact) mass is 348 g/mol. The molecule has 1 rings (SSSR count). The zero-order valence-electron chi connectivity index (χ0n) is 15.3. The van der Waals surface area contributed by atoms with Crippen LogP contribution in [-0.2, 0) is 0 Å². The van der Waals surface area contributed by atoms with Crippen molar-refractivity contribution in [3.63, 3.8) is 0 Å². The maximum atomic E-state index is 12.1. The van der Waals surface area contributed by atoms with Crippen LogP contribution in [0.25, 0.3) is 0 Å². The Labute approximate surface area is 151 Å². The van der Waals surface area contributed by atoms with E-state index in [1.54, 1.807) is 24.3 Å². The first kappa shape index (κ1) is 21.0. The normalized spacial score (nSPS) is 10.8. The Hall–Kier alpha value is -1.09. The first-order valence-electron chi connectivity index (χ1n) is 9.43. The molecule has 0 fully saturated rings. The van der Waals surface area contributed by atoms with Gasteiger partial charge in [-0.3, -0.25) is 9.59 Å². The quantitative estimate of drug-likeness (QED) is 0.294. The molecular weight excluding hydrogens is 316 g/mol. The number of hydrogen-bond donors (Lipinski definition) is 0. The first-order valence-corrected chi connectivity index (χ1v) is 10.4. The number of carbonyl (C=O) groups excluding carboxylic acids is 2. The smallest absolute Gasteiger partial charge is 0.219 e. The Bertz CT molecular complexity index is 479. The van der Waals surface area contributed by atoms with E-state index in [1.807, 2.05) is 0 Å². The minimum Gasteiger partial charge on any atom is -0.295 e. The van der Waals surface area contributed by atoms with E-state index in [1.165, 1.54) is 76.5 Å². The van der Waals surface area contributed by atoms with E-state index in [2.05, 4.69) is 6.92 Å². The fourth-order valence-corrected chi connectivity index (χ4v) is 3.52. The van der Waals surface area contributed by atoms with Gasteiger partial charge < -0.3 is 0 Å². The largest absolute Gasteiger partial charge is 0.295 e. The van der Waals surface area contributed by atoms with Crippen LogP contribution in [-0.4, -0.2) is 16.7 Å². The summed E-state index contributed by atoms with van der Waals surface area (Å²) in [5.74, 6) is 0.927. The molecule has 0 N–H and O–H groups in total. The number of hydrogen-bond acceptors (Lipinski definition) is 3. The van der Waals surface area contributed by atoms with Gasteiger partial charge in [0, 0.05) is 16.9 Å². The molecule has 1 aromatic carbocycles. The van der Waals surface area contributed by atoms with Crippen molar-refractivity contribution in [2.75, 3.05) is 5.75 Å². The van der Waals surface area contributed by atoms with Gasteiger partial charge in [-0.15, -0.1) is 0 Å². The molecule has 0 aromatic heterocycles. The van der Waals surface area contributed by atoms with E-state index in [9.17, 15) is 9.59 Å². The van der Waals surface area contributed by atoms with E-state index in [4.69, 9.17) is 0 Å². The van der Waals surface area contributed by atoms with E-state index < -0.39 is 0 Å². The number of thioether (sulfide) groups is 1. The van der Waals surface area contributed by atoms with Gasteiger partial charge in [0.15, 0.2) is 5.78 Å². The van der Waals surface area contributed by atoms with Gasteiger partial charge in [-0.1, -0.05) is 88.6 Å². The molecular formula is C21H32O2S. The van der Waals surface area contributed by atoms with Gasteiger partial charge in [-0.2, -0.15) is 0 Å². The van der Waals surface area contributed by atoms with Crippen LogP contribution in [0.4, 0.5) is 0 Å². The van der Waals surface area contributed by atoms with Crippen LogP contribution < -0.4 is 0 Å². The molecule has 0 saturated carbocycles. The maximum absolute atomic E-state index is 12.1. The number of carbonyl (C=O) groups is 2. The third-order valence-corrected chi connectivity index (χ3v) is 5.25. The average molecular weight is 349 g/mol. The first-order chi connectivity index (χ1) is 11.6. The van der Waals surface area contributed by atoms with Crippen LogP contribution >= 0.6 is 11.8 Å². The van der Waals surface area contributed by atoms with E-state index in [0.29, 0.717) is 11.1 Å². The highest BCUT2D eigenvalue weighted by Crippen LogP contribution is 2.17. The van der Waals surface area contributed by atoms with Gasteiger partial charge in [0.25, 0.3) is 0 Å². The summed E-state index contributed by atoms with van der Waals surface area (Å²) in [5.41, 5.74) is 1.35. The second kappa shape index (κ2) is 13.2. The molecule has 0 amide bonds. The lowest BCUT2D eigenvalue weighted by atomic mass is 10.1. The second-order valence-electron chi connectivity index (χ2n) is 6.45. The summed E-state index contributed by atoms with van der Waals surface area (Å²) in [7, 11) is 0. The van der Waals surface area contributed by atoms with Gasteiger partial charge in [0.05, 0.1) is 0 Å². The Kier molecular flexibility index (Phi) is 11.5. The lowest BCUT2D eigenvalue weighted by Crippen LogP contribution is -1.97. The minimum absolute atomic E-state index is 0.0343. The molecule has 0 unspecified atom stereocenters. The van der Waals surface area contributed by atoms with Crippen molar-refractivity contribution in [3.05, 3.63) is 35.4 Å². The lowest BCUT2D eigenvalue weighted by molar-refractivity contribution is 0.101. The Morgan fingerprint density at radius 2 is 1.21 bits per heavy atom. The molecule has 0 heterocycles. The highest BCUT2D eigenvalue weighted by Gasteiger charge is 2.07. The van der Waals surface area contributed by atoms with Crippen molar-refractivity contribution in [2.24, 2.45) is 0 Å². The van der Waals surface area contributed by atoms with Crippen molar-refractivity contribution in [1.82, 2.24) is 0 Å². The van der Waals surface area contributed by atoms with Gasteiger partial charge in [-0.05, 0) is 25.5 Å². The standard InChI is InChI=1S/C21H32O2S/c1-3-4-5-6-7-8-9-10-11-12-17-24-21(23)20-15-13-19(14-16-20)18(2)22/h13-16H,3-12,17H2,1-2H3. The number of ketones is 1. The molecule has 0 aliphatic carbocycles. The predicted molar refractivity (Wildman–Crippen MR) is 105 cm³/mol. The fourth-order valence-electron chi connectivity index (χ4n) is 2.68. The molecule has 0 atom stereocenters. The molecule has 2 nitrogen and oxygen atoms in total. The lowest BCUT2D eigenvalue weighted by Gasteiger charge is -2.03. The summed E-state index contributed by atoms with van der Waals surface area (Å²) >= 11 is 1.40. The molecule has 0 bridgehead atoms. The molecule has 0 aliphatic rings. The third kappa shape index (κ3) is 9.27. The SMILES string of the molecule is CCCCCCCCCCCCSC(=O)c1ccc(C(C)=O)cc1. The van der Waals surface area contributed by atoms with Crippen LogP contribution in [0.3, 0.4) is 0 Å². The van der Waals surface area contributed by atoms with Crippen LogP contribution in [0, 0.1) is 0 Å². The van der Waals surface area contributed by atoms with Crippen molar-refractivity contribution < 1.29 is 9.59 Å². The molecule has 0 aliphatic heterocycles. The number of Topliss-reactive ketones (excluding diaryl/α,β-unsaturated/α-hetero) is 1. The second-order valence-corrected chi connectivity index (χ2v) is 7.52. The zero-order valence-corrected chi connectivity index (χ0v) is 16.1. The highest BCUT2D eigenvalue weighted by atomic mass is 32.2. The van der Waals surface area contributed by atoms with Crippen LogP contribution in [0.2, 0.25) is 0 Å². The maximum Gasteiger partial charge on any atom is 0.219 e. The van der Waals surface area contributed by atoms with Crippen molar-refractivity contribution in [1.29, 1.82) is 0 Å². The Morgan fingerprint density at radius 1 is 0.750 bits per heavy atom. The summed E-state index contributed by atoms with van der Waals surface area (Å²) in [5, 5.41) is 0.112. The molecule has 1 aromatic rings. The van der Waals surface area contributed by atoms with Crippen molar-refractivity contribution in [2.45, 2.75) is 78.1 Å². The molecule has 0 radical (unpaired) electrons. The van der Waals surface area contributed by atoms with Crippen molar-refractivity contribution >= 4 is 22.7 Å². The highest BCUT2D eigenvalue weighted by molar-refractivity contribution is 8.14. The molecule has 0 saturated heterocycles. The van der Waals surface area contributed by atoms with Gasteiger partial charge in [-0.25, -0.2) is 0 Å². The summed E-state index contributed by atoms with van der Waals surface area (Å²) < 4.78 is 0. The third-order valence-electron chi connectivity index (χ3n) is 4.26. The number of benzene rings is 1. The fraction of sp³-hybridized carbons (Fsp3) is 0.619. The Balaban J connectivity index is 2.02. The average Bonchev–Trinajstić information content (AvgIpc) is 2.59. The molecule has 3 heteroatoms. The Morgan fingerprint density at radius 3 is 1.71 bits per heavy atom. The zero-order chi connectivity index (χ0) is 17.6. The molecule has 0 spiro atoms. The number of unbranched alkanes of at least 4 members (excludes halogenated alkanes) is 9. The summed E-state index contributed by atoms with van der Waals surface area (Å²) in [6.07, 6.45) is 13.2. The van der Waals surface area contributed by atoms with E-state index >= 15 is 0 Å². The molecule has 24 heavy (non-hydrogen) atoms. The van der Waals surface area contributed by atoms with E-state index in [0.717, 1.165) is 12.2 Å². The van der Waals surface area contributed by atoms with Crippen LogP contribution in [0.15, 0.2) is 24.3 Å². The van der Waals surface area contributed by atoms with Crippen molar-refractivity contribution in [3.8, 4) is 0 Å². The summed E-state index contributed by atoms with van der Waals surface area (Å²) in [4.78, 5) is 23.3. The van der Waals surface area contributed by atoms with Gasteiger partial charge in [0.1, 0.15) is 0 Å². The van der Waals surface area contributed by atoms with Gasteiger partial charge >= 0.3 is 0 Å².